The highest BCUT2D eigenvalue weighted by Gasteiger charge is 2.66. The molecule has 24 unspecified atom stereocenters. The molecule has 0 spiro atoms. The topological polar surface area (TPSA) is 357 Å². The van der Waals surface area contributed by atoms with Gasteiger partial charge in [0.15, 0.2) is 0 Å². The number of hydrogen-bond donors (Lipinski definition) is 6. The van der Waals surface area contributed by atoms with Gasteiger partial charge in [0.25, 0.3) is 0 Å². The number of fused-ring (bicyclic) bond motifs is 10. The van der Waals surface area contributed by atoms with Crippen molar-refractivity contribution in [3.05, 3.63) is 22.3 Å². The van der Waals surface area contributed by atoms with Gasteiger partial charge >= 0.3 is 52.0 Å². The lowest BCUT2D eigenvalue weighted by molar-refractivity contribution is -0.200. The first-order valence-electron chi connectivity index (χ1n) is 30.1. The first-order valence-corrected chi connectivity index (χ1v) is 36.9. The lowest BCUT2D eigenvalue weighted by atomic mass is 9.47. The second-order valence-corrected chi connectivity index (χ2v) is 34.6. The monoisotopic (exact) mass is 1290 g/mol. The summed E-state index contributed by atoms with van der Waals surface area (Å²) >= 11 is 0. The molecule has 2 saturated heterocycles. The predicted molar refractivity (Wildman–Crippen MR) is 302 cm³/mol. The highest BCUT2D eigenvalue weighted by molar-refractivity contribution is 7.81. The second-order valence-electron chi connectivity index (χ2n) is 29.4. The van der Waals surface area contributed by atoms with Gasteiger partial charge in [-0.15, -0.1) is 0 Å². The Morgan fingerprint density at radius 1 is 0.571 bits per heavy atom. The molecule has 0 aromatic rings. The van der Waals surface area contributed by atoms with Gasteiger partial charge in [0, 0.05) is 11.8 Å². The maximum atomic E-state index is 12.6. The third-order valence-electron chi connectivity index (χ3n) is 24.6. The molecule has 8 aliphatic carbocycles. The van der Waals surface area contributed by atoms with Gasteiger partial charge in [-0.1, -0.05) is 77.7 Å². The van der Waals surface area contributed by atoms with Gasteiger partial charge in [-0.25, -0.2) is 20.9 Å². The van der Waals surface area contributed by atoms with E-state index in [0.29, 0.717) is 19.3 Å². The zero-order chi connectivity index (χ0) is 62.0. The molecule has 0 aromatic heterocycles. The Kier molecular flexibility index (Phi) is 16.9. The Morgan fingerprint density at radius 2 is 1.01 bits per heavy atom. The van der Waals surface area contributed by atoms with Crippen LogP contribution in [0.3, 0.4) is 0 Å². The summed E-state index contributed by atoms with van der Waals surface area (Å²) in [5.41, 5.74) is 0.443. The molecule has 0 radical (unpaired) electrons. The molecule has 10 rings (SSSR count). The standard InChI is InChI=1S/C56H90O23S5/c1-28(35-13-15-37-33-24-43(75-81(61,62)63)48-31(4)50(78-84(70,71)72)45(77-83(67,68)69)27-55(48,10)40(33)18-20-52(35,37)7)12-17-46-56(11)25-32(51(5,6)79-56)22-41(73-46)29(2)36-14-16-38-34-23-42(74-80(58,59)60)47-30(3)49(57)44(76-82(64,65)66)26-54(47,9)39(34)19-21-53(36,38)8/h28-32,35-38,41-50,57H,12-27H2,1-11H3,(H,58,59,60)(H,61,62,63)(H,64,65,66)(H,67,68,69)(H,70,71,72). The van der Waals surface area contributed by atoms with E-state index >= 15 is 0 Å². The first kappa shape index (κ1) is 65.7. The summed E-state index contributed by atoms with van der Waals surface area (Å²) in [7, 11) is -25.4. The molecule has 6 fully saturated rings. The van der Waals surface area contributed by atoms with E-state index in [9.17, 15) is 70.0 Å². The Balaban J connectivity index is 0.892. The van der Waals surface area contributed by atoms with Gasteiger partial charge in [-0.05, 0) is 198 Å². The molecule has 23 nitrogen and oxygen atoms in total. The molecule has 4 saturated carbocycles. The van der Waals surface area contributed by atoms with E-state index in [1.807, 2.05) is 13.8 Å². The number of aliphatic hydroxyl groups excluding tert-OH is 1. The fraction of sp³-hybridized carbons (Fsp3) is 0.929. The quantitative estimate of drug-likeness (QED) is 0.0623. The molecule has 2 bridgehead atoms. The summed E-state index contributed by atoms with van der Waals surface area (Å²) in [5.74, 6) is -2.48. The fourth-order valence-electron chi connectivity index (χ4n) is 21.6. The molecule has 28 heteroatoms. The van der Waals surface area contributed by atoms with Crippen LogP contribution in [0.25, 0.3) is 0 Å². The molecular formula is C56H90O23S5. The van der Waals surface area contributed by atoms with Gasteiger partial charge in [0.1, 0.15) is 18.3 Å². The normalized spacial score (nSPS) is 46.7. The largest absolute Gasteiger partial charge is 0.397 e. The van der Waals surface area contributed by atoms with Gasteiger partial charge in [-0.2, -0.15) is 42.1 Å². The van der Waals surface area contributed by atoms with E-state index in [-0.39, 0.29) is 90.1 Å². The van der Waals surface area contributed by atoms with Gasteiger partial charge in [-0.3, -0.25) is 22.8 Å². The van der Waals surface area contributed by atoms with E-state index in [0.717, 1.165) is 80.1 Å². The highest BCUT2D eigenvalue weighted by atomic mass is 32.3. The lowest BCUT2D eigenvalue weighted by Crippen LogP contribution is -2.60. The minimum absolute atomic E-state index is 0.00250. The maximum Gasteiger partial charge on any atom is 0.397 e. The summed E-state index contributed by atoms with van der Waals surface area (Å²) in [5, 5.41) is 11.4. The summed E-state index contributed by atoms with van der Waals surface area (Å²) in [6, 6.07) is 0. The second kappa shape index (κ2) is 21.7. The number of ether oxygens (including phenoxy) is 2. The van der Waals surface area contributed by atoms with Crippen LogP contribution in [0.5, 0.6) is 0 Å². The van der Waals surface area contributed by atoms with Crippen LogP contribution in [0.4, 0.5) is 0 Å². The number of allylic oxidation sites excluding steroid dienone is 2. The van der Waals surface area contributed by atoms with E-state index in [1.54, 1.807) is 6.92 Å². The zero-order valence-corrected chi connectivity index (χ0v) is 54.0. The summed E-state index contributed by atoms with van der Waals surface area (Å²) in [6.45, 7) is 22.6. The van der Waals surface area contributed by atoms with E-state index < -0.39 is 134 Å². The van der Waals surface area contributed by atoms with Crippen LogP contribution in [-0.2, 0) is 82.4 Å². The van der Waals surface area contributed by atoms with Crippen LogP contribution in [0.1, 0.15) is 179 Å². The highest BCUT2D eigenvalue weighted by Crippen LogP contribution is 2.70. The molecule has 0 amide bonds. The zero-order valence-electron chi connectivity index (χ0n) is 49.9. The average Bonchev–Trinajstić information content (AvgIpc) is 1.05. The summed E-state index contributed by atoms with van der Waals surface area (Å²) in [6.07, 6.45) is 0.429. The summed E-state index contributed by atoms with van der Waals surface area (Å²) < 4.78 is 214. The molecule has 24 atom stereocenters. The number of rotatable bonds is 16. The fourth-order valence-corrected chi connectivity index (χ4v) is 24.1. The molecular weight excluding hydrogens is 1200 g/mol. The molecule has 10 aliphatic rings. The predicted octanol–water partition coefficient (Wildman–Crippen LogP) is 8.45. The van der Waals surface area contributed by atoms with Gasteiger partial charge < -0.3 is 14.6 Å². The van der Waals surface area contributed by atoms with Crippen molar-refractivity contribution in [3.8, 4) is 0 Å². The van der Waals surface area contributed by atoms with Crippen molar-refractivity contribution in [1.29, 1.82) is 0 Å². The van der Waals surface area contributed by atoms with Crippen molar-refractivity contribution in [2.45, 2.75) is 239 Å². The molecule has 482 valence electrons. The third kappa shape index (κ3) is 11.9. The van der Waals surface area contributed by atoms with Crippen molar-refractivity contribution in [1.82, 2.24) is 0 Å². The lowest BCUT2D eigenvalue weighted by Gasteiger charge is -2.59. The molecule has 6 N–H and O–H groups in total. The maximum absolute atomic E-state index is 12.6. The van der Waals surface area contributed by atoms with Crippen LogP contribution in [-0.4, -0.2) is 130 Å². The minimum Gasteiger partial charge on any atom is -0.390 e. The third-order valence-corrected chi connectivity index (χ3v) is 27.0. The molecule has 0 aromatic carbocycles. The van der Waals surface area contributed by atoms with E-state index in [1.165, 1.54) is 6.92 Å². The van der Waals surface area contributed by atoms with Crippen molar-refractivity contribution in [3.63, 3.8) is 0 Å². The number of hydrogen-bond acceptors (Lipinski definition) is 18. The molecule has 2 heterocycles. The molecule has 2 aliphatic heterocycles. The van der Waals surface area contributed by atoms with Crippen LogP contribution in [0, 0.1) is 86.8 Å². The van der Waals surface area contributed by atoms with Crippen molar-refractivity contribution in [2.75, 3.05) is 0 Å². The first-order chi connectivity index (χ1) is 38.3. The Bertz CT molecular complexity index is 3240. The van der Waals surface area contributed by atoms with Crippen LogP contribution in [0.15, 0.2) is 22.3 Å². The SMILES string of the molecule is CC(CCC1OC(C(C)C2CCC3C4=C(CCC32C)C2(C)CC(OS(=O)(=O)O)C(O)C(C)C2C(OS(=O)(=O)O)C4)CC2CC1(C)OC2(C)C)C1CCC2C3=C(CCC21C)C1(C)CC(OS(=O)(=O)O)C(OS(=O)(=O)O)C(C)C1C(OS(=O)(=O)O)C3. The van der Waals surface area contributed by atoms with Gasteiger partial charge in [0.2, 0.25) is 0 Å². The molecule has 84 heavy (non-hydrogen) atoms. The van der Waals surface area contributed by atoms with Crippen LogP contribution in [0.2, 0.25) is 0 Å². The Labute approximate surface area is 497 Å². The van der Waals surface area contributed by atoms with Crippen molar-refractivity contribution < 1.29 is 100 Å². The van der Waals surface area contributed by atoms with Crippen molar-refractivity contribution in [2.24, 2.45) is 86.8 Å². The van der Waals surface area contributed by atoms with E-state index in [2.05, 4.69) is 48.5 Å². The van der Waals surface area contributed by atoms with Crippen LogP contribution < -0.4 is 0 Å². The van der Waals surface area contributed by atoms with E-state index in [4.69, 9.17) is 30.4 Å². The summed E-state index contributed by atoms with van der Waals surface area (Å²) in [4.78, 5) is 0. The van der Waals surface area contributed by atoms with Crippen LogP contribution >= 0.6 is 0 Å². The number of aliphatic hydroxyl groups is 1. The Morgan fingerprint density at radius 3 is 1.51 bits per heavy atom. The van der Waals surface area contributed by atoms with Gasteiger partial charge in [0.05, 0.1) is 41.7 Å². The average molecular weight is 1290 g/mol. The Hall–Kier alpha value is -1.29. The van der Waals surface area contributed by atoms with Crippen molar-refractivity contribution >= 4 is 52.0 Å². The minimum atomic E-state index is -5.21. The smallest absolute Gasteiger partial charge is 0.390 e.